The highest BCUT2D eigenvalue weighted by Crippen LogP contribution is 2.27. The summed E-state index contributed by atoms with van der Waals surface area (Å²) in [6.07, 6.45) is 1.87. The van der Waals surface area contributed by atoms with Crippen LogP contribution in [0, 0.1) is 0 Å². The third-order valence-corrected chi connectivity index (χ3v) is 5.59. The summed E-state index contributed by atoms with van der Waals surface area (Å²) in [7, 11) is 0. The van der Waals surface area contributed by atoms with Crippen LogP contribution in [0.2, 0.25) is 0 Å². The minimum atomic E-state index is 0.915. The molecular weight excluding hydrogens is 356 g/mol. The van der Waals surface area contributed by atoms with Gasteiger partial charge in [0.25, 0.3) is 0 Å². The lowest BCUT2D eigenvalue weighted by Crippen LogP contribution is -2.46. The van der Waals surface area contributed by atoms with Gasteiger partial charge in [-0.25, -0.2) is 9.97 Å². The molecular formula is C25H24N4. The van der Waals surface area contributed by atoms with Crippen molar-refractivity contribution in [2.24, 2.45) is 0 Å². The lowest BCUT2D eigenvalue weighted by molar-refractivity contribution is 0.249. The largest absolute Gasteiger partial charge is 0.354 e. The van der Waals surface area contributed by atoms with Crippen molar-refractivity contribution >= 4 is 16.7 Å². The number of hydrogen-bond acceptors (Lipinski definition) is 4. The number of fused-ring (bicyclic) bond motifs is 1. The molecule has 0 atom stereocenters. The third kappa shape index (κ3) is 3.84. The first kappa shape index (κ1) is 17.8. The highest BCUT2D eigenvalue weighted by Gasteiger charge is 2.20. The van der Waals surface area contributed by atoms with Gasteiger partial charge in [-0.05, 0) is 29.8 Å². The summed E-state index contributed by atoms with van der Waals surface area (Å²) < 4.78 is 0. The van der Waals surface area contributed by atoms with E-state index in [4.69, 9.17) is 4.98 Å². The maximum atomic E-state index is 5.03. The van der Waals surface area contributed by atoms with E-state index in [1.54, 1.807) is 0 Å². The van der Waals surface area contributed by atoms with Gasteiger partial charge in [0.15, 0.2) is 0 Å². The minimum Gasteiger partial charge on any atom is -0.354 e. The van der Waals surface area contributed by atoms with Crippen LogP contribution in [0.25, 0.3) is 22.2 Å². The fourth-order valence-corrected chi connectivity index (χ4v) is 4.04. The van der Waals surface area contributed by atoms with Crippen LogP contribution in [-0.4, -0.2) is 41.0 Å². The van der Waals surface area contributed by atoms with E-state index >= 15 is 0 Å². The Morgan fingerprint density at radius 1 is 0.759 bits per heavy atom. The lowest BCUT2D eigenvalue weighted by atomic mass is 10.0. The van der Waals surface area contributed by atoms with Gasteiger partial charge in [-0.15, -0.1) is 0 Å². The average Bonchev–Trinajstić information content (AvgIpc) is 2.80. The second-order valence-corrected chi connectivity index (χ2v) is 7.51. The Bertz CT molecular complexity index is 1090. The van der Waals surface area contributed by atoms with E-state index in [9.17, 15) is 0 Å². The van der Waals surface area contributed by atoms with Gasteiger partial charge in [0.1, 0.15) is 5.82 Å². The monoisotopic (exact) mass is 380 g/mol. The zero-order valence-electron chi connectivity index (χ0n) is 16.4. The van der Waals surface area contributed by atoms with Crippen molar-refractivity contribution in [3.63, 3.8) is 0 Å². The second-order valence-electron chi connectivity index (χ2n) is 7.51. The second kappa shape index (κ2) is 8.02. The summed E-state index contributed by atoms with van der Waals surface area (Å²) in [5.74, 6) is 1.07. The van der Waals surface area contributed by atoms with Crippen molar-refractivity contribution in [2.75, 3.05) is 31.1 Å². The number of hydrogen-bond donors (Lipinski definition) is 0. The zero-order chi connectivity index (χ0) is 19.5. The van der Waals surface area contributed by atoms with Crippen LogP contribution < -0.4 is 4.90 Å². The molecule has 0 N–H and O–H groups in total. The highest BCUT2D eigenvalue weighted by atomic mass is 15.3. The molecule has 1 aliphatic rings. The number of benzene rings is 2. The van der Waals surface area contributed by atoms with Crippen molar-refractivity contribution < 1.29 is 0 Å². The minimum absolute atomic E-state index is 0.915. The molecule has 0 spiro atoms. The molecule has 4 heteroatoms. The predicted octanol–water partition coefficient (Wildman–Crippen LogP) is 4.62. The van der Waals surface area contributed by atoms with Crippen molar-refractivity contribution in [2.45, 2.75) is 6.54 Å². The van der Waals surface area contributed by atoms with Crippen LogP contribution in [0.5, 0.6) is 0 Å². The van der Waals surface area contributed by atoms with Gasteiger partial charge in [0.2, 0.25) is 0 Å². The summed E-state index contributed by atoms with van der Waals surface area (Å²) in [5, 5.41) is 1.20. The first-order valence-electron chi connectivity index (χ1n) is 10.2. The fraction of sp³-hybridized carbons (Fsp3) is 0.200. The fourth-order valence-electron chi connectivity index (χ4n) is 4.04. The molecule has 3 heterocycles. The van der Waals surface area contributed by atoms with Crippen molar-refractivity contribution in [3.8, 4) is 11.3 Å². The molecule has 0 unspecified atom stereocenters. The lowest BCUT2D eigenvalue weighted by Gasteiger charge is -2.35. The molecule has 1 aliphatic heterocycles. The Labute approximate surface area is 171 Å². The van der Waals surface area contributed by atoms with Crippen molar-refractivity contribution in [1.82, 2.24) is 14.9 Å². The molecule has 1 fully saturated rings. The number of anilines is 1. The Kier molecular flexibility index (Phi) is 4.93. The van der Waals surface area contributed by atoms with E-state index in [-0.39, 0.29) is 0 Å². The first-order valence-corrected chi connectivity index (χ1v) is 10.2. The van der Waals surface area contributed by atoms with Gasteiger partial charge in [0.05, 0.1) is 11.2 Å². The summed E-state index contributed by atoms with van der Waals surface area (Å²) in [6.45, 7) is 4.96. The topological polar surface area (TPSA) is 32.3 Å². The molecule has 0 saturated carbocycles. The molecule has 5 rings (SSSR count). The van der Waals surface area contributed by atoms with Crippen molar-refractivity contribution in [1.29, 1.82) is 0 Å². The van der Waals surface area contributed by atoms with E-state index in [1.807, 2.05) is 12.3 Å². The number of pyridine rings is 2. The van der Waals surface area contributed by atoms with Crippen molar-refractivity contribution in [3.05, 3.63) is 90.6 Å². The molecule has 4 aromatic rings. The van der Waals surface area contributed by atoms with Gasteiger partial charge in [-0.3, -0.25) is 4.90 Å². The van der Waals surface area contributed by atoms with Crippen LogP contribution in [0.3, 0.4) is 0 Å². The summed E-state index contributed by atoms with van der Waals surface area (Å²) in [6, 6.07) is 27.4. The molecule has 0 aliphatic carbocycles. The van der Waals surface area contributed by atoms with Crippen LogP contribution in [0.15, 0.2) is 85.1 Å². The van der Waals surface area contributed by atoms with Crippen LogP contribution in [-0.2, 0) is 6.54 Å². The molecule has 0 bridgehead atoms. The maximum Gasteiger partial charge on any atom is 0.128 e. The van der Waals surface area contributed by atoms with Crippen LogP contribution in [0.1, 0.15) is 5.56 Å². The third-order valence-electron chi connectivity index (χ3n) is 5.59. The normalized spacial score (nSPS) is 15.0. The smallest absolute Gasteiger partial charge is 0.128 e. The van der Waals surface area contributed by atoms with E-state index in [2.05, 4.69) is 87.6 Å². The standard InChI is InChI=1S/C25H24N4/c1-2-8-20(9-3-1)25-22(18-21-10-4-5-11-23(21)27-25)19-28-14-16-29(17-15-28)24-12-6-7-13-26-24/h1-13,18H,14-17,19H2. The molecule has 29 heavy (non-hydrogen) atoms. The first-order chi connectivity index (χ1) is 14.4. The molecule has 2 aromatic carbocycles. The molecule has 0 radical (unpaired) electrons. The molecule has 4 nitrogen and oxygen atoms in total. The quantitative estimate of drug-likeness (QED) is 0.517. The highest BCUT2D eigenvalue weighted by molar-refractivity contribution is 5.83. The van der Waals surface area contributed by atoms with Gasteiger partial charge in [-0.1, -0.05) is 54.6 Å². The SMILES string of the molecule is c1ccc(-c2nc3ccccc3cc2CN2CCN(c3ccccn3)CC2)cc1. The van der Waals surface area contributed by atoms with Crippen LogP contribution in [0.4, 0.5) is 5.82 Å². The van der Waals surface area contributed by atoms with Gasteiger partial charge >= 0.3 is 0 Å². The molecule has 1 saturated heterocycles. The Hall–Kier alpha value is -3.24. The number of nitrogens with zero attached hydrogens (tertiary/aromatic N) is 4. The van der Waals surface area contributed by atoms with E-state index < -0.39 is 0 Å². The zero-order valence-corrected chi connectivity index (χ0v) is 16.4. The molecule has 0 amide bonds. The average molecular weight is 380 g/mol. The molecule has 144 valence electrons. The summed E-state index contributed by atoms with van der Waals surface area (Å²) >= 11 is 0. The summed E-state index contributed by atoms with van der Waals surface area (Å²) in [4.78, 5) is 14.4. The number of aromatic nitrogens is 2. The Balaban J connectivity index is 1.40. The number of para-hydroxylation sites is 1. The van der Waals surface area contributed by atoms with Gasteiger partial charge in [0, 0.05) is 49.9 Å². The Morgan fingerprint density at radius 3 is 2.31 bits per heavy atom. The predicted molar refractivity (Wildman–Crippen MR) is 119 cm³/mol. The van der Waals surface area contributed by atoms with Crippen LogP contribution >= 0.6 is 0 Å². The van der Waals surface area contributed by atoms with E-state index in [0.29, 0.717) is 0 Å². The number of rotatable bonds is 4. The van der Waals surface area contributed by atoms with E-state index in [1.165, 1.54) is 16.5 Å². The number of piperazine rings is 1. The maximum absolute atomic E-state index is 5.03. The molecule has 2 aromatic heterocycles. The Morgan fingerprint density at radius 2 is 1.52 bits per heavy atom. The summed E-state index contributed by atoms with van der Waals surface area (Å²) in [5.41, 5.74) is 4.62. The van der Waals surface area contributed by atoms with Gasteiger partial charge < -0.3 is 4.90 Å². The van der Waals surface area contributed by atoms with E-state index in [0.717, 1.165) is 49.8 Å². The van der Waals surface area contributed by atoms with Gasteiger partial charge in [-0.2, -0.15) is 0 Å².